The minimum absolute atomic E-state index is 0.0521. The van der Waals surface area contributed by atoms with Gasteiger partial charge in [-0.3, -0.25) is 4.79 Å². The predicted octanol–water partition coefficient (Wildman–Crippen LogP) is 3.71. The van der Waals surface area contributed by atoms with E-state index in [4.69, 9.17) is 11.6 Å². The summed E-state index contributed by atoms with van der Waals surface area (Å²) in [5.74, 6) is 0.856. The summed E-state index contributed by atoms with van der Waals surface area (Å²) in [7, 11) is 0. The minimum Gasteiger partial charge on any atom is -0.338 e. The Kier molecular flexibility index (Phi) is 4.57. The first-order valence-corrected chi connectivity index (χ1v) is 8.82. The van der Waals surface area contributed by atoms with Crippen molar-refractivity contribution in [2.45, 2.75) is 48.3 Å². The average molecular weight is 310 g/mol. The molecule has 0 spiro atoms. The van der Waals surface area contributed by atoms with E-state index in [1.54, 1.807) is 11.8 Å². The number of carbonyl (C=O) groups excluding carboxylic acids is 1. The molecule has 1 aromatic rings. The molecule has 2 unspecified atom stereocenters. The Balaban J connectivity index is 1.73. The lowest BCUT2D eigenvalue weighted by Crippen LogP contribution is -2.45. The molecule has 3 rings (SSSR count). The molecule has 4 heteroatoms. The van der Waals surface area contributed by atoms with Crippen LogP contribution in [0.2, 0.25) is 0 Å². The van der Waals surface area contributed by atoms with Gasteiger partial charge in [0.1, 0.15) is 0 Å². The molecule has 1 fully saturated rings. The number of carbonyl (C=O) groups is 1. The van der Waals surface area contributed by atoms with Gasteiger partial charge in [-0.2, -0.15) is 0 Å². The molecule has 2 aliphatic rings. The van der Waals surface area contributed by atoms with E-state index in [1.807, 2.05) is 6.07 Å². The van der Waals surface area contributed by atoms with E-state index in [2.05, 4.69) is 23.1 Å². The van der Waals surface area contributed by atoms with Crippen LogP contribution in [0.1, 0.15) is 31.2 Å². The summed E-state index contributed by atoms with van der Waals surface area (Å²) in [6, 6.07) is 8.59. The molecule has 2 heterocycles. The van der Waals surface area contributed by atoms with Crippen LogP contribution < -0.4 is 0 Å². The SMILES string of the molecule is O=C(C1Cc2ccccc2S1)N1CCCCCC1CCl. The van der Waals surface area contributed by atoms with E-state index in [9.17, 15) is 4.79 Å². The van der Waals surface area contributed by atoms with E-state index < -0.39 is 0 Å². The van der Waals surface area contributed by atoms with Crippen molar-refractivity contribution in [3.63, 3.8) is 0 Å². The Morgan fingerprint density at radius 1 is 1.30 bits per heavy atom. The van der Waals surface area contributed by atoms with Crippen molar-refractivity contribution in [2.75, 3.05) is 12.4 Å². The van der Waals surface area contributed by atoms with Gasteiger partial charge in [0, 0.05) is 23.4 Å². The van der Waals surface area contributed by atoms with Crippen LogP contribution >= 0.6 is 23.4 Å². The van der Waals surface area contributed by atoms with Gasteiger partial charge in [-0.25, -0.2) is 0 Å². The van der Waals surface area contributed by atoms with Crippen LogP contribution in [0.4, 0.5) is 0 Å². The van der Waals surface area contributed by atoms with E-state index in [0.717, 1.165) is 25.8 Å². The van der Waals surface area contributed by atoms with Crippen LogP contribution in [0.5, 0.6) is 0 Å². The quantitative estimate of drug-likeness (QED) is 0.776. The molecule has 2 atom stereocenters. The highest BCUT2D eigenvalue weighted by molar-refractivity contribution is 8.01. The van der Waals surface area contributed by atoms with Gasteiger partial charge in [0.05, 0.1) is 5.25 Å². The fourth-order valence-electron chi connectivity index (χ4n) is 3.13. The average Bonchev–Trinajstić information content (AvgIpc) is 2.77. The van der Waals surface area contributed by atoms with Gasteiger partial charge in [0.15, 0.2) is 0 Å². The smallest absolute Gasteiger partial charge is 0.236 e. The topological polar surface area (TPSA) is 20.3 Å². The Labute approximate surface area is 129 Å². The maximum absolute atomic E-state index is 12.8. The summed E-state index contributed by atoms with van der Waals surface area (Å²) in [5, 5.41) is 0.0521. The van der Waals surface area contributed by atoms with Gasteiger partial charge in [-0.05, 0) is 30.9 Å². The normalized spacial score (nSPS) is 26.1. The first-order chi connectivity index (χ1) is 9.79. The van der Waals surface area contributed by atoms with Gasteiger partial charge >= 0.3 is 0 Å². The summed E-state index contributed by atoms with van der Waals surface area (Å²) in [6.07, 6.45) is 5.45. The van der Waals surface area contributed by atoms with Crippen molar-refractivity contribution in [1.82, 2.24) is 4.90 Å². The maximum Gasteiger partial charge on any atom is 0.236 e. The highest BCUT2D eigenvalue weighted by Gasteiger charge is 2.34. The lowest BCUT2D eigenvalue weighted by molar-refractivity contribution is -0.132. The molecule has 108 valence electrons. The molecule has 0 bridgehead atoms. The molecule has 20 heavy (non-hydrogen) atoms. The molecule has 1 aromatic carbocycles. The number of hydrogen-bond donors (Lipinski definition) is 0. The van der Waals surface area contributed by atoms with Crippen molar-refractivity contribution >= 4 is 29.3 Å². The monoisotopic (exact) mass is 309 g/mol. The summed E-state index contributed by atoms with van der Waals surface area (Å²) in [4.78, 5) is 16.2. The van der Waals surface area contributed by atoms with Crippen LogP contribution in [0.3, 0.4) is 0 Å². The van der Waals surface area contributed by atoms with Crippen molar-refractivity contribution in [3.8, 4) is 0 Å². The standard InChI is InChI=1S/C16H20ClNOS/c17-11-13-7-2-1-5-9-18(13)16(19)15-10-12-6-3-4-8-14(12)20-15/h3-4,6,8,13,15H,1-2,5,7,9-11H2. The third-order valence-electron chi connectivity index (χ3n) is 4.26. The second-order valence-electron chi connectivity index (χ2n) is 5.61. The fourth-order valence-corrected chi connectivity index (χ4v) is 4.72. The van der Waals surface area contributed by atoms with Gasteiger partial charge in [0.2, 0.25) is 5.91 Å². The number of amides is 1. The molecule has 1 saturated heterocycles. The molecule has 0 saturated carbocycles. The van der Waals surface area contributed by atoms with Crippen LogP contribution in [0, 0.1) is 0 Å². The number of benzene rings is 1. The van der Waals surface area contributed by atoms with Gasteiger partial charge in [-0.15, -0.1) is 23.4 Å². The molecule has 2 nitrogen and oxygen atoms in total. The van der Waals surface area contributed by atoms with Crippen LogP contribution in [0.15, 0.2) is 29.2 Å². The number of fused-ring (bicyclic) bond motifs is 1. The van der Waals surface area contributed by atoms with Crippen molar-refractivity contribution < 1.29 is 4.79 Å². The highest BCUT2D eigenvalue weighted by atomic mass is 35.5. The Morgan fingerprint density at radius 3 is 2.95 bits per heavy atom. The molecule has 0 radical (unpaired) electrons. The number of halogens is 1. The molecular weight excluding hydrogens is 290 g/mol. The number of likely N-dealkylation sites (tertiary alicyclic amines) is 1. The number of nitrogens with zero attached hydrogens (tertiary/aromatic N) is 1. The maximum atomic E-state index is 12.8. The summed E-state index contributed by atoms with van der Waals surface area (Å²) in [6.45, 7) is 0.879. The molecule has 1 amide bonds. The molecule has 2 aliphatic heterocycles. The zero-order valence-corrected chi connectivity index (χ0v) is 13.1. The Bertz CT molecular complexity index is 468. The second kappa shape index (κ2) is 6.40. The number of thioether (sulfide) groups is 1. The van der Waals surface area contributed by atoms with E-state index in [0.29, 0.717) is 11.8 Å². The minimum atomic E-state index is 0.0521. The van der Waals surface area contributed by atoms with Crippen LogP contribution in [-0.4, -0.2) is 34.5 Å². The summed E-state index contributed by atoms with van der Waals surface area (Å²) in [5.41, 5.74) is 1.31. The van der Waals surface area contributed by atoms with Crippen molar-refractivity contribution in [2.24, 2.45) is 0 Å². The predicted molar refractivity (Wildman–Crippen MR) is 84.5 cm³/mol. The van der Waals surface area contributed by atoms with Crippen molar-refractivity contribution in [3.05, 3.63) is 29.8 Å². The first-order valence-electron chi connectivity index (χ1n) is 7.40. The van der Waals surface area contributed by atoms with E-state index >= 15 is 0 Å². The zero-order chi connectivity index (χ0) is 13.9. The summed E-state index contributed by atoms with van der Waals surface area (Å²) >= 11 is 7.81. The van der Waals surface area contributed by atoms with Crippen LogP contribution in [0.25, 0.3) is 0 Å². The Morgan fingerprint density at radius 2 is 2.15 bits per heavy atom. The largest absolute Gasteiger partial charge is 0.338 e. The number of hydrogen-bond acceptors (Lipinski definition) is 2. The highest BCUT2D eigenvalue weighted by Crippen LogP contribution is 2.38. The second-order valence-corrected chi connectivity index (χ2v) is 7.16. The third kappa shape index (κ3) is 2.84. The van der Waals surface area contributed by atoms with Gasteiger partial charge in [-0.1, -0.05) is 31.0 Å². The zero-order valence-electron chi connectivity index (χ0n) is 11.6. The molecule has 0 aromatic heterocycles. The molecular formula is C16H20ClNOS. The fraction of sp³-hybridized carbons (Fsp3) is 0.562. The van der Waals surface area contributed by atoms with Gasteiger partial charge < -0.3 is 4.90 Å². The van der Waals surface area contributed by atoms with E-state index in [-0.39, 0.29) is 11.3 Å². The third-order valence-corrected chi connectivity index (χ3v) is 5.92. The van der Waals surface area contributed by atoms with Crippen molar-refractivity contribution in [1.29, 1.82) is 0 Å². The Hall–Kier alpha value is -0.670. The lowest BCUT2D eigenvalue weighted by atomic mass is 10.1. The van der Waals surface area contributed by atoms with Gasteiger partial charge in [0.25, 0.3) is 0 Å². The number of rotatable bonds is 2. The lowest BCUT2D eigenvalue weighted by Gasteiger charge is -2.30. The van der Waals surface area contributed by atoms with E-state index in [1.165, 1.54) is 23.3 Å². The molecule has 0 aliphatic carbocycles. The number of alkyl halides is 1. The first kappa shape index (κ1) is 14.3. The molecule has 0 N–H and O–H groups in total. The summed E-state index contributed by atoms with van der Waals surface area (Å²) < 4.78 is 0. The van der Waals surface area contributed by atoms with Crippen LogP contribution in [-0.2, 0) is 11.2 Å².